The summed E-state index contributed by atoms with van der Waals surface area (Å²) in [6, 6.07) is 0. The zero-order valence-corrected chi connectivity index (χ0v) is 8.68. The van der Waals surface area contributed by atoms with Crippen LogP contribution in [0.25, 0.3) is 0 Å². The Balaban J connectivity index is 3.32. The molecule has 2 heteroatoms. The van der Waals surface area contributed by atoms with E-state index in [-0.39, 0.29) is 0 Å². The molecule has 0 aromatic rings. The minimum absolute atomic E-state index is 0.696. The summed E-state index contributed by atoms with van der Waals surface area (Å²) >= 11 is 0. The Morgan fingerprint density at radius 1 is 1.25 bits per heavy atom. The van der Waals surface area contributed by atoms with E-state index in [2.05, 4.69) is 13.8 Å². The molecule has 0 aliphatic heterocycles. The Morgan fingerprint density at radius 2 is 1.92 bits per heavy atom. The van der Waals surface area contributed by atoms with Gasteiger partial charge in [0, 0.05) is 13.7 Å². The van der Waals surface area contributed by atoms with Gasteiger partial charge in [0.1, 0.15) is 0 Å². The van der Waals surface area contributed by atoms with Gasteiger partial charge in [0.25, 0.3) is 0 Å². The van der Waals surface area contributed by atoms with Crippen LogP contribution >= 0.6 is 0 Å². The van der Waals surface area contributed by atoms with Gasteiger partial charge in [-0.3, -0.25) is 0 Å². The molecule has 0 saturated carbocycles. The van der Waals surface area contributed by atoms with Crippen molar-refractivity contribution in [2.75, 3.05) is 20.3 Å². The fourth-order valence-corrected chi connectivity index (χ4v) is 1.38. The number of unbranched alkanes of at least 4 members (excludes halogenated alkanes) is 1. The van der Waals surface area contributed by atoms with E-state index in [0.717, 1.165) is 19.1 Å². The van der Waals surface area contributed by atoms with Gasteiger partial charge < -0.3 is 10.5 Å². The SMILES string of the molecule is COCCCCC(CN)C(C)C. The summed E-state index contributed by atoms with van der Waals surface area (Å²) in [6.07, 6.45) is 3.66. The zero-order chi connectivity index (χ0) is 9.40. The van der Waals surface area contributed by atoms with Gasteiger partial charge >= 0.3 is 0 Å². The molecule has 0 aliphatic carbocycles. The Morgan fingerprint density at radius 3 is 2.33 bits per heavy atom. The van der Waals surface area contributed by atoms with E-state index in [0.29, 0.717) is 5.92 Å². The largest absolute Gasteiger partial charge is 0.385 e. The second-order valence-electron chi connectivity index (χ2n) is 3.73. The van der Waals surface area contributed by atoms with Crippen LogP contribution in [0, 0.1) is 11.8 Å². The van der Waals surface area contributed by atoms with Crippen molar-refractivity contribution in [3.8, 4) is 0 Å². The van der Waals surface area contributed by atoms with E-state index in [1.165, 1.54) is 19.3 Å². The molecule has 0 bridgehead atoms. The quantitative estimate of drug-likeness (QED) is 0.598. The van der Waals surface area contributed by atoms with Gasteiger partial charge in [-0.2, -0.15) is 0 Å². The molecule has 0 heterocycles. The fraction of sp³-hybridized carbons (Fsp3) is 1.00. The summed E-state index contributed by atoms with van der Waals surface area (Å²) in [7, 11) is 1.75. The molecule has 0 rings (SSSR count). The van der Waals surface area contributed by atoms with Crippen molar-refractivity contribution in [3.05, 3.63) is 0 Å². The summed E-state index contributed by atoms with van der Waals surface area (Å²) in [5.41, 5.74) is 5.66. The molecule has 0 spiro atoms. The van der Waals surface area contributed by atoms with Gasteiger partial charge in [-0.05, 0) is 31.2 Å². The lowest BCUT2D eigenvalue weighted by Gasteiger charge is -2.18. The van der Waals surface area contributed by atoms with E-state index in [9.17, 15) is 0 Å². The number of nitrogens with two attached hydrogens (primary N) is 1. The molecule has 0 fully saturated rings. The number of rotatable bonds is 7. The first-order valence-electron chi connectivity index (χ1n) is 4.91. The van der Waals surface area contributed by atoms with E-state index in [1.807, 2.05) is 0 Å². The van der Waals surface area contributed by atoms with Crippen LogP contribution in [0.4, 0.5) is 0 Å². The number of hydrogen-bond donors (Lipinski definition) is 1. The van der Waals surface area contributed by atoms with Gasteiger partial charge in [0.15, 0.2) is 0 Å². The molecule has 0 radical (unpaired) electrons. The second kappa shape index (κ2) is 7.56. The van der Waals surface area contributed by atoms with Crippen LogP contribution in [-0.2, 0) is 4.74 Å². The molecule has 1 unspecified atom stereocenters. The Hall–Kier alpha value is -0.0800. The lowest BCUT2D eigenvalue weighted by atomic mass is 9.91. The van der Waals surface area contributed by atoms with E-state index in [4.69, 9.17) is 10.5 Å². The average molecular weight is 173 g/mol. The molecule has 12 heavy (non-hydrogen) atoms. The average Bonchev–Trinajstić information content (AvgIpc) is 2.04. The molecule has 0 saturated heterocycles. The van der Waals surface area contributed by atoms with Crippen molar-refractivity contribution in [1.29, 1.82) is 0 Å². The maximum atomic E-state index is 5.66. The van der Waals surface area contributed by atoms with Crippen molar-refractivity contribution in [3.63, 3.8) is 0 Å². The molecule has 0 aromatic carbocycles. The first kappa shape index (κ1) is 11.9. The van der Waals surface area contributed by atoms with Gasteiger partial charge in [0.2, 0.25) is 0 Å². The summed E-state index contributed by atoms with van der Waals surface area (Å²) in [5, 5.41) is 0. The monoisotopic (exact) mass is 173 g/mol. The fourth-order valence-electron chi connectivity index (χ4n) is 1.38. The second-order valence-corrected chi connectivity index (χ2v) is 3.73. The topological polar surface area (TPSA) is 35.2 Å². The first-order chi connectivity index (χ1) is 5.72. The van der Waals surface area contributed by atoms with Crippen LogP contribution in [0.2, 0.25) is 0 Å². The van der Waals surface area contributed by atoms with E-state index < -0.39 is 0 Å². The maximum absolute atomic E-state index is 5.66. The van der Waals surface area contributed by atoms with Crippen molar-refractivity contribution in [2.24, 2.45) is 17.6 Å². The van der Waals surface area contributed by atoms with Gasteiger partial charge in [-0.1, -0.05) is 20.3 Å². The molecular formula is C10H23NO. The summed E-state index contributed by atoms with van der Waals surface area (Å²) < 4.78 is 4.99. The highest BCUT2D eigenvalue weighted by molar-refractivity contribution is 4.63. The molecule has 2 N–H and O–H groups in total. The molecular weight excluding hydrogens is 150 g/mol. The van der Waals surface area contributed by atoms with Gasteiger partial charge in [-0.15, -0.1) is 0 Å². The molecule has 0 amide bonds. The third-order valence-corrected chi connectivity index (χ3v) is 2.42. The zero-order valence-electron chi connectivity index (χ0n) is 8.68. The van der Waals surface area contributed by atoms with Gasteiger partial charge in [-0.25, -0.2) is 0 Å². The summed E-state index contributed by atoms with van der Waals surface area (Å²) in [6.45, 7) is 6.20. The third-order valence-electron chi connectivity index (χ3n) is 2.42. The molecule has 2 nitrogen and oxygen atoms in total. The predicted molar refractivity (Wildman–Crippen MR) is 53.1 cm³/mol. The highest BCUT2D eigenvalue weighted by Gasteiger charge is 2.09. The van der Waals surface area contributed by atoms with E-state index >= 15 is 0 Å². The standard InChI is InChI=1S/C10H23NO/c1-9(2)10(8-11)6-4-5-7-12-3/h9-10H,4-8,11H2,1-3H3. The smallest absolute Gasteiger partial charge is 0.0462 e. The third kappa shape index (κ3) is 5.56. The highest BCUT2D eigenvalue weighted by atomic mass is 16.5. The summed E-state index contributed by atoms with van der Waals surface area (Å²) in [4.78, 5) is 0. The van der Waals surface area contributed by atoms with Crippen LogP contribution in [-0.4, -0.2) is 20.3 Å². The van der Waals surface area contributed by atoms with Crippen LogP contribution in [0.3, 0.4) is 0 Å². The lowest BCUT2D eigenvalue weighted by molar-refractivity contribution is 0.188. The van der Waals surface area contributed by atoms with Crippen molar-refractivity contribution in [1.82, 2.24) is 0 Å². The highest BCUT2D eigenvalue weighted by Crippen LogP contribution is 2.16. The minimum Gasteiger partial charge on any atom is -0.385 e. The van der Waals surface area contributed by atoms with Crippen LogP contribution in [0.1, 0.15) is 33.1 Å². The van der Waals surface area contributed by atoms with Crippen molar-refractivity contribution < 1.29 is 4.74 Å². The number of hydrogen-bond acceptors (Lipinski definition) is 2. The maximum Gasteiger partial charge on any atom is 0.0462 e. The van der Waals surface area contributed by atoms with Crippen molar-refractivity contribution in [2.45, 2.75) is 33.1 Å². The van der Waals surface area contributed by atoms with E-state index in [1.54, 1.807) is 7.11 Å². The normalized spacial score (nSPS) is 13.8. The van der Waals surface area contributed by atoms with Crippen molar-refractivity contribution >= 4 is 0 Å². The number of methoxy groups -OCH3 is 1. The number of ether oxygens (including phenoxy) is 1. The lowest BCUT2D eigenvalue weighted by Crippen LogP contribution is -2.19. The minimum atomic E-state index is 0.696. The molecule has 74 valence electrons. The van der Waals surface area contributed by atoms with Crippen LogP contribution < -0.4 is 5.73 Å². The van der Waals surface area contributed by atoms with Crippen LogP contribution in [0.5, 0.6) is 0 Å². The Labute approximate surface area is 76.5 Å². The van der Waals surface area contributed by atoms with Crippen LogP contribution in [0.15, 0.2) is 0 Å². The predicted octanol–water partition coefficient (Wildman–Crippen LogP) is 2.03. The first-order valence-corrected chi connectivity index (χ1v) is 4.91. The Kier molecular flexibility index (Phi) is 7.51. The van der Waals surface area contributed by atoms with Gasteiger partial charge in [0.05, 0.1) is 0 Å². The molecule has 0 aromatic heterocycles. The summed E-state index contributed by atoms with van der Waals surface area (Å²) in [5.74, 6) is 1.42. The molecule has 1 atom stereocenters. The Bertz CT molecular complexity index is 93.8. The molecule has 0 aliphatic rings.